The Balaban J connectivity index is 2.03. The van der Waals surface area contributed by atoms with Crippen molar-refractivity contribution < 1.29 is 0 Å². The summed E-state index contributed by atoms with van der Waals surface area (Å²) in [5.74, 6) is 2.28. The van der Waals surface area contributed by atoms with Crippen molar-refractivity contribution in [3.8, 4) is 0 Å². The molecule has 1 aliphatic carbocycles. The lowest BCUT2D eigenvalue weighted by Gasteiger charge is -2.29. The molecule has 0 fully saturated rings. The Bertz CT molecular complexity index is 574. The van der Waals surface area contributed by atoms with Crippen LogP contribution in [0.2, 0.25) is 0 Å². The van der Waals surface area contributed by atoms with Gasteiger partial charge in [0.05, 0.1) is 19.7 Å². The fraction of sp³-hybridized carbons (Fsp3) is 0.588. The Morgan fingerprint density at radius 3 is 2.71 bits per heavy atom. The molecule has 1 aromatic heterocycles. The topological polar surface area (TPSA) is 42.1 Å². The van der Waals surface area contributed by atoms with Crippen LogP contribution in [0.5, 0.6) is 0 Å². The normalized spacial score (nSPS) is 19.4. The number of pyridine rings is 1. The quantitative estimate of drug-likeness (QED) is 0.866. The minimum absolute atomic E-state index is 0.666. The second-order valence-electron chi connectivity index (χ2n) is 6.49. The van der Waals surface area contributed by atoms with Crippen molar-refractivity contribution in [3.63, 3.8) is 0 Å². The van der Waals surface area contributed by atoms with Crippen LogP contribution in [0.3, 0.4) is 0 Å². The number of anilines is 1. The molecule has 0 aromatic carbocycles. The summed E-state index contributed by atoms with van der Waals surface area (Å²) in [6.07, 6.45) is 5.06. The molecule has 0 amide bonds. The van der Waals surface area contributed by atoms with Crippen molar-refractivity contribution in [3.05, 3.63) is 23.4 Å². The summed E-state index contributed by atoms with van der Waals surface area (Å²) in [6, 6.07) is 4.45. The Hall–Kier alpha value is -1.39. The molecular formula is C17H27N4+. The molecule has 114 valence electrons. The molecule has 3 rings (SSSR count). The summed E-state index contributed by atoms with van der Waals surface area (Å²) in [5.41, 5.74) is 10.2. The van der Waals surface area contributed by atoms with E-state index in [-0.39, 0.29) is 0 Å². The van der Waals surface area contributed by atoms with E-state index in [1.807, 2.05) is 0 Å². The third-order valence-electron chi connectivity index (χ3n) is 4.93. The third-order valence-corrected chi connectivity index (χ3v) is 4.93. The van der Waals surface area contributed by atoms with E-state index in [4.69, 9.17) is 10.7 Å². The van der Waals surface area contributed by atoms with Crippen molar-refractivity contribution in [1.82, 2.24) is 9.47 Å². The monoisotopic (exact) mass is 287 g/mol. The summed E-state index contributed by atoms with van der Waals surface area (Å²) in [6.45, 7) is 4.64. The van der Waals surface area contributed by atoms with Gasteiger partial charge in [0.25, 0.3) is 0 Å². The van der Waals surface area contributed by atoms with Crippen LogP contribution in [0, 0.1) is 0 Å². The fourth-order valence-corrected chi connectivity index (χ4v) is 3.79. The first-order valence-corrected chi connectivity index (χ1v) is 8.13. The molecule has 0 spiro atoms. The molecule has 0 saturated carbocycles. The number of hydrogen-bond donors (Lipinski definition) is 1. The number of nitrogens with two attached hydrogens (primary N) is 1. The van der Waals surface area contributed by atoms with Gasteiger partial charge in [0.1, 0.15) is 11.5 Å². The Morgan fingerprint density at radius 2 is 2.00 bits per heavy atom. The van der Waals surface area contributed by atoms with Gasteiger partial charge in [0.2, 0.25) is 5.82 Å². The highest BCUT2D eigenvalue weighted by atomic mass is 15.4. The highest BCUT2D eigenvalue weighted by molar-refractivity contribution is 5.84. The Kier molecular flexibility index (Phi) is 3.76. The van der Waals surface area contributed by atoms with E-state index in [9.17, 15) is 0 Å². The number of likely N-dealkylation sites (N-methyl/N-ethyl adjacent to an activating group) is 1. The van der Waals surface area contributed by atoms with E-state index < -0.39 is 0 Å². The number of aromatic nitrogens is 1. The van der Waals surface area contributed by atoms with E-state index in [0.29, 0.717) is 6.54 Å². The van der Waals surface area contributed by atoms with Crippen LogP contribution in [0.25, 0.3) is 5.57 Å². The van der Waals surface area contributed by atoms with Gasteiger partial charge >= 0.3 is 0 Å². The smallest absolute Gasteiger partial charge is 0.241 e. The van der Waals surface area contributed by atoms with Crippen molar-refractivity contribution in [2.24, 2.45) is 5.73 Å². The van der Waals surface area contributed by atoms with Crippen molar-refractivity contribution in [1.29, 1.82) is 0 Å². The van der Waals surface area contributed by atoms with Gasteiger partial charge in [0, 0.05) is 31.6 Å². The fourth-order valence-electron chi connectivity index (χ4n) is 3.79. The number of rotatable bonds is 4. The van der Waals surface area contributed by atoms with Gasteiger partial charge in [-0.1, -0.05) is 0 Å². The summed E-state index contributed by atoms with van der Waals surface area (Å²) in [7, 11) is 4.56. The number of nitrogens with zero attached hydrogens (tertiary/aromatic N) is 3. The second kappa shape index (κ2) is 5.43. The highest BCUT2D eigenvalue weighted by Gasteiger charge is 2.41. The maximum Gasteiger partial charge on any atom is 0.241 e. The number of quaternary nitrogens is 1. The van der Waals surface area contributed by atoms with Gasteiger partial charge in [-0.2, -0.15) is 4.98 Å². The molecule has 2 aliphatic rings. The van der Waals surface area contributed by atoms with Gasteiger partial charge in [-0.25, -0.2) is 4.48 Å². The molecule has 4 heteroatoms. The molecule has 0 radical (unpaired) electrons. The maximum absolute atomic E-state index is 5.72. The van der Waals surface area contributed by atoms with E-state index in [1.165, 1.54) is 37.1 Å². The van der Waals surface area contributed by atoms with Crippen molar-refractivity contribution in [2.75, 3.05) is 38.6 Å². The maximum atomic E-state index is 5.72. The molecule has 0 bridgehead atoms. The molecule has 0 unspecified atom stereocenters. The van der Waals surface area contributed by atoms with E-state index in [1.54, 1.807) is 11.3 Å². The van der Waals surface area contributed by atoms with Gasteiger partial charge in [-0.15, -0.1) is 0 Å². The Labute approximate surface area is 127 Å². The van der Waals surface area contributed by atoms with Gasteiger partial charge in [-0.3, -0.25) is 0 Å². The Morgan fingerprint density at radius 1 is 1.24 bits per heavy atom. The predicted molar refractivity (Wildman–Crippen MR) is 90.2 cm³/mol. The standard InChI is InChI=1S/C17H27N4/c1-4-20(12-11-18)16-10-9-14-13-7-5-6-8-15(13)21(2,3)17(14)19-16/h9-10H,4-8,11-12,18H2,1-3H3/q+1. The van der Waals surface area contributed by atoms with Crippen LogP contribution < -0.4 is 15.1 Å². The molecule has 0 atom stereocenters. The van der Waals surface area contributed by atoms with Crippen molar-refractivity contribution >= 4 is 17.2 Å². The first kappa shape index (κ1) is 14.5. The van der Waals surface area contributed by atoms with Gasteiger partial charge in [-0.05, 0) is 38.3 Å². The minimum atomic E-state index is 0.666. The number of hydrogen-bond acceptors (Lipinski definition) is 3. The van der Waals surface area contributed by atoms with Crippen LogP contribution in [0.15, 0.2) is 17.8 Å². The summed E-state index contributed by atoms with van der Waals surface area (Å²) in [5, 5.41) is 0. The molecular weight excluding hydrogens is 260 g/mol. The summed E-state index contributed by atoms with van der Waals surface area (Å²) in [4.78, 5) is 7.28. The second-order valence-corrected chi connectivity index (χ2v) is 6.49. The molecule has 4 nitrogen and oxygen atoms in total. The van der Waals surface area contributed by atoms with E-state index in [0.717, 1.165) is 23.4 Å². The van der Waals surface area contributed by atoms with Crippen LogP contribution in [-0.4, -0.2) is 38.7 Å². The first-order chi connectivity index (χ1) is 10.1. The zero-order valence-corrected chi connectivity index (χ0v) is 13.5. The first-order valence-electron chi connectivity index (χ1n) is 8.13. The molecule has 1 aliphatic heterocycles. The third kappa shape index (κ3) is 2.27. The number of allylic oxidation sites excluding steroid dienone is 2. The highest BCUT2D eigenvalue weighted by Crippen LogP contribution is 2.48. The number of fused-ring (bicyclic) bond motifs is 2. The average molecular weight is 287 g/mol. The summed E-state index contributed by atoms with van der Waals surface area (Å²) >= 11 is 0. The van der Waals surface area contributed by atoms with Gasteiger partial charge in [0.15, 0.2) is 0 Å². The minimum Gasteiger partial charge on any atom is -0.355 e. The van der Waals surface area contributed by atoms with Gasteiger partial charge < -0.3 is 10.6 Å². The molecule has 21 heavy (non-hydrogen) atoms. The molecule has 2 heterocycles. The van der Waals surface area contributed by atoms with Crippen LogP contribution in [-0.2, 0) is 0 Å². The van der Waals surface area contributed by atoms with E-state index in [2.05, 4.69) is 38.1 Å². The lowest BCUT2D eigenvalue weighted by atomic mass is 9.94. The average Bonchev–Trinajstić information content (AvgIpc) is 2.73. The lowest BCUT2D eigenvalue weighted by Crippen LogP contribution is -2.39. The molecule has 1 aromatic rings. The lowest BCUT2D eigenvalue weighted by molar-refractivity contribution is 0.457. The van der Waals surface area contributed by atoms with E-state index >= 15 is 0 Å². The van der Waals surface area contributed by atoms with Crippen LogP contribution in [0.4, 0.5) is 11.6 Å². The van der Waals surface area contributed by atoms with Crippen molar-refractivity contribution in [2.45, 2.75) is 32.6 Å². The molecule has 0 saturated heterocycles. The zero-order chi connectivity index (χ0) is 15.0. The SMILES string of the molecule is CCN(CCN)c1ccc2c(n1)[N+](C)(C)C1=C2CCCC1. The van der Waals surface area contributed by atoms with Crippen LogP contribution in [0.1, 0.15) is 38.2 Å². The van der Waals surface area contributed by atoms with Crippen LogP contribution >= 0.6 is 0 Å². The molecule has 2 N–H and O–H groups in total. The summed E-state index contributed by atoms with van der Waals surface area (Å²) < 4.78 is 0.832. The largest absolute Gasteiger partial charge is 0.355 e. The predicted octanol–water partition coefficient (Wildman–Crippen LogP) is 2.73. The zero-order valence-electron chi connectivity index (χ0n) is 13.5.